The van der Waals surface area contributed by atoms with Gasteiger partial charge in [0.2, 0.25) is 0 Å². The van der Waals surface area contributed by atoms with Gasteiger partial charge >= 0.3 is 0 Å². The fourth-order valence-electron chi connectivity index (χ4n) is 2.31. The second kappa shape index (κ2) is 7.09. The number of likely N-dealkylation sites (N-methyl/N-ethyl adjacent to an activating group) is 1. The lowest BCUT2D eigenvalue weighted by Crippen LogP contribution is -2.48. The van der Waals surface area contributed by atoms with Crippen LogP contribution in [0.5, 0.6) is 0 Å². The Bertz CT molecular complexity index is 456. The van der Waals surface area contributed by atoms with Crippen LogP contribution in [-0.2, 0) is 0 Å². The van der Waals surface area contributed by atoms with Gasteiger partial charge in [-0.15, -0.1) is 11.8 Å². The van der Waals surface area contributed by atoms with E-state index in [1.165, 1.54) is 0 Å². The second-order valence-corrected chi connectivity index (χ2v) is 6.81. The number of amides is 1. The lowest BCUT2D eigenvalue weighted by atomic mass is 10.2. The van der Waals surface area contributed by atoms with Crippen LogP contribution in [0.2, 0.25) is 0 Å². The minimum Gasteiger partial charge on any atom is -0.336 e. The second-order valence-electron chi connectivity index (χ2n) is 5.25. The Morgan fingerprint density at radius 2 is 2.05 bits per heavy atom. The summed E-state index contributed by atoms with van der Waals surface area (Å²) in [4.78, 5) is 21.3. The van der Waals surface area contributed by atoms with Crippen molar-refractivity contribution in [1.82, 2.24) is 14.8 Å². The third kappa shape index (κ3) is 3.73. The molecule has 1 aromatic rings. The zero-order valence-corrected chi connectivity index (χ0v) is 13.3. The summed E-state index contributed by atoms with van der Waals surface area (Å²) in [6, 6.07) is 3.74. The molecule has 0 aromatic carbocycles. The van der Waals surface area contributed by atoms with Gasteiger partial charge in [-0.3, -0.25) is 4.79 Å². The maximum absolute atomic E-state index is 12.7. The van der Waals surface area contributed by atoms with Crippen LogP contribution in [0.3, 0.4) is 0 Å². The molecule has 0 spiro atoms. The fourth-order valence-corrected chi connectivity index (χ4v) is 3.16. The van der Waals surface area contributed by atoms with E-state index in [4.69, 9.17) is 0 Å². The molecule has 2 heterocycles. The van der Waals surface area contributed by atoms with Gasteiger partial charge in [-0.25, -0.2) is 4.98 Å². The van der Waals surface area contributed by atoms with E-state index in [0.29, 0.717) is 5.25 Å². The molecule has 0 radical (unpaired) electrons. The number of carbonyl (C=O) groups excluding carboxylic acids is 1. The lowest BCUT2D eigenvalue weighted by Gasteiger charge is -2.34. The number of piperazine rings is 1. The average molecular weight is 293 g/mol. The van der Waals surface area contributed by atoms with Gasteiger partial charge in [-0.05, 0) is 18.7 Å². The van der Waals surface area contributed by atoms with Crippen molar-refractivity contribution in [2.24, 2.45) is 0 Å². The van der Waals surface area contributed by atoms with E-state index in [1.54, 1.807) is 18.0 Å². The van der Waals surface area contributed by atoms with Crippen LogP contribution in [0.15, 0.2) is 23.4 Å². The van der Waals surface area contributed by atoms with E-state index in [1.807, 2.05) is 17.0 Å². The van der Waals surface area contributed by atoms with Crippen molar-refractivity contribution < 1.29 is 4.79 Å². The number of pyridine rings is 1. The molecule has 0 aliphatic carbocycles. The van der Waals surface area contributed by atoms with E-state index in [0.717, 1.165) is 43.3 Å². The standard InChI is InChI=1S/C15H23N3OS/c1-4-17-8-10-18(11-9-17)15(19)13-6-5-7-16-14(13)20-12(2)3/h5-7,12H,4,8-11H2,1-3H3. The van der Waals surface area contributed by atoms with Crippen LogP contribution in [0.1, 0.15) is 31.1 Å². The number of thioether (sulfide) groups is 1. The van der Waals surface area contributed by atoms with Crippen molar-refractivity contribution in [2.75, 3.05) is 32.7 Å². The van der Waals surface area contributed by atoms with Gasteiger partial charge in [0.15, 0.2) is 0 Å². The number of hydrogen-bond donors (Lipinski definition) is 0. The molecule has 1 fully saturated rings. The molecular formula is C15H23N3OS. The quantitative estimate of drug-likeness (QED) is 0.799. The van der Waals surface area contributed by atoms with Gasteiger partial charge in [0, 0.05) is 37.6 Å². The first-order chi connectivity index (χ1) is 9.61. The largest absolute Gasteiger partial charge is 0.336 e. The summed E-state index contributed by atoms with van der Waals surface area (Å²) in [5.41, 5.74) is 0.746. The molecule has 0 bridgehead atoms. The van der Waals surface area contributed by atoms with E-state index < -0.39 is 0 Å². The van der Waals surface area contributed by atoms with Gasteiger partial charge in [-0.1, -0.05) is 20.8 Å². The molecule has 2 rings (SSSR count). The van der Waals surface area contributed by atoms with E-state index in [-0.39, 0.29) is 5.91 Å². The molecule has 1 saturated heterocycles. The Kier molecular flexibility index (Phi) is 5.43. The first-order valence-corrected chi connectivity index (χ1v) is 8.13. The number of carbonyl (C=O) groups is 1. The summed E-state index contributed by atoms with van der Waals surface area (Å²) >= 11 is 1.65. The summed E-state index contributed by atoms with van der Waals surface area (Å²) in [5, 5.41) is 1.28. The Morgan fingerprint density at radius 1 is 1.35 bits per heavy atom. The molecule has 0 unspecified atom stereocenters. The molecule has 1 aliphatic rings. The van der Waals surface area contributed by atoms with Crippen molar-refractivity contribution in [3.63, 3.8) is 0 Å². The molecule has 1 amide bonds. The minimum absolute atomic E-state index is 0.122. The SMILES string of the molecule is CCN1CCN(C(=O)c2cccnc2SC(C)C)CC1. The molecule has 1 aliphatic heterocycles. The maximum Gasteiger partial charge on any atom is 0.256 e. The molecule has 0 saturated carbocycles. The van der Waals surface area contributed by atoms with Crippen LogP contribution in [0.4, 0.5) is 0 Å². The van der Waals surface area contributed by atoms with Crippen LogP contribution in [-0.4, -0.2) is 58.7 Å². The highest BCUT2D eigenvalue weighted by Crippen LogP contribution is 2.25. The number of hydrogen-bond acceptors (Lipinski definition) is 4. The third-order valence-electron chi connectivity index (χ3n) is 3.46. The fraction of sp³-hybridized carbons (Fsp3) is 0.600. The number of aromatic nitrogens is 1. The summed E-state index contributed by atoms with van der Waals surface area (Å²) < 4.78 is 0. The zero-order valence-electron chi connectivity index (χ0n) is 12.5. The van der Waals surface area contributed by atoms with Gasteiger partial charge in [0.1, 0.15) is 5.03 Å². The normalized spacial score (nSPS) is 16.7. The first kappa shape index (κ1) is 15.3. The minimum atomic E-state index is 0.122. The maximum atomic E-state index is 12.7. The summed E-state index contributed by atoms with van der Waals surface area (Å²) in [6.07, 6.45) is 1.76. The smallest absolute Gasteiger partial charge is 0.256 e. The zero-order chi connectivity index (χ0) is 14.5. The Balaban J connectivity index is 2.09. The van der Waals surface area contributed by atoms with Crippen LogP contribution in [0.25, 0.3) is 0 Å². The van der Waals surface area contributed by atoms with E-state index in [2.05, 4.69) is 30.7 Å². The predicted octanol–water partition coefficient (Wildman–Crippen LogP) is 2.36. The van der Waals surface area contributed by atoms with Crippen molar-refractivity contribution in [3.8, 4) is 0 Å². The van der Waals surface area contributed by atoms with Crippen molar-refractivity contribution >= 4 is 17.7 Å². The molecule has 20 heavy (non-hydrogen) atoms. The average Bonchev–Trinajstić information content (AvgIpc) is 2.46. The van der Waals surface area contributed by atoms with Crippen molar-refractivity contribution in [1.29, 1.82) is 0 Å². The highest BCUT2D eigenvalue weighted by molar-refractivity contribution is 7.99. The van der Waals surface area contributed by atoms with E-state index in [9.17, 15) is 4.79 Å². The molecular weight excluding hydrogens is 270 g/mol. The molecule has 110 valence electrons. The highest BCUT2D eigenvalue weighted by Gasteiger charge is 2.23. The van der Waals surface area contributed by atoms with Gasteiger partial charge in [0.05, 0.1) is 5.56 Å². The third-order valence-corrected chi connectivity index (χ3v) is 4.48. The predicted molar refractivity (Wildman–Crippen MR) is 83.2 cm³/mol. The summed E-state index contributed by atoms with van der Waals surface area (Å²) in [6.45, 7) is 11.0. The number of rotatable bonds is 4. The van der Waals surface area contributed by atoms with Crippen molar-refractivity contribution in [2.45, 2.75) is 31.0 Å². The molecule has 4 nitrogen and oxygen atoms in total. The monoisotopic (exact) mass is 293 g/mol. The van der Waals surface area contributed by atoms with Crippen molar-refractivity contribution in [3.05, 3.63) is 23.9 Å². The Hall–Kier alpha value is -1.07. The number of nitrogens with zero attached hydrogens (tertiary/aromatic N) is 3. The van der Waals surface area contributed by atoms with Gasteiger partial charge in [-0.2, -0.15) is 0 Å². The topological polar surface area (TPSA) is 36.4 Å². The lowest BCUT2D eigenvalue weighted by molar-refractivity contribution is 0.0639. The van der Waals surface area contributed by atoms with E-state index >= 15 is 0 Å². The molecule has 0 atom stereocenters. The molecule has 0 N–H and O–H groups in total. The highest BCUT2D eigenvalue weighted by atomic mass is 32.2. The first-order valence-electron chi connectivity index (χ1n) is 7.25. The molecule has 1 aromatic heterocycles. The summed E-state index contributed by atoms with van der Waals surface area (Å²) in [7, 11) is 0. The van der Waals surface area contributed by atoms with Gasteiger partial charge < -0.3 is 9.80 Å². The Labute approximate surface area is 125 Å². The van der Waals surface area contributed by atoms with Crippen LogP contribution >= 0.6 is 11.8 Å². The molecule has 5 heteroatoms. The van der Waals surface area contributed by atoms with Gasteiger partial charge in [0.25, 0.3) is 5.91 Å². The van der Waals surface area contributed by atoms with Crippen LogP contribution < -0.4 is 0 Å². The summed E-state index contributed by atoms with van der Waals surface area (Å²) in [5.74, 6) is 0.122. The van der Waals surface area contributed by atoms with Crippen LogP contribution in [0, 0.1) is 0 Å². The Morgan fingerprint density at radius 3 is 2.65 bits per heavy atom.